The van der Waals surface area contributed by atoms with Gasteiger partial charge in [0.2, 0.25) is 0 Å². The summed E-state index contributed by atoms with van der Waals surface area (Å²) in [6.07, 6.45) is 0. The SMILES string of the molecule is O=C(Nc1nc(-c2ccc3c(c2)OCCO3)cs1)c1ccc(NS(=O)(=O)c2ccc(F)cc2)cc1. The highest BCUT2D eigenvalue weighted by molar-refractivity contribution is 7.92. The number of ether oxygens (including phenoxy) is 2. The first-order chi connectivity index (χ1) is 16.9. The molecule has 35 heavy (non-hydrogen) atoms. The van der Waals surface area contributed by atoms with E-state index in [0.717, 1.165) is 17.7 Å². The van der Waals surface area contributed by atoms with Crippen molar-refractivity contribution in [2.75, 3.05) is 23.3 Å². The van der Waals surface area contributed by atoms with Crippen molar-refractivity contribution < 1.29 is 27.1 Å². The second kappa shape index (κ2) is 9.35. The molecule has 2 N–H and O–H groups in total. The average Bonchev–Trinajstić information content (AvgIpc) is 3.32. The van der Waals surface area contributed by atoms with E-state index in [1.807, 2.05) is 23.6 Å². The highest BCUT2D eigenvalue weighted by atomic mass is 32.2. The third-order valence-corrected chi connectivity index (χ3v) is 7.24. The van der Waals surface area contributed by atoms with E-state index in [9.17, 15) is 17.6 Å². The third-order valence-electron chi connectivity index (χ3n) is 5.09. The van der Waals surface area contributed by atoms with Gasteiger partial charge >= 0.3 is 0 Å². The minimum atomic E-state index is -3.88. The summed E-state index contributed by atoms with van der Waals surface area (Å²) in [5.41, 5.74) is 2.11. The first kappa shape index (κ1) is 22.8. The van der Waals surface area contributed by atoms with Crippen LogP contribution in [0.3, 0.4) is 0 Å². The van der Waals surface area contributed by atoms with Crippen LogP contribution in [0.4, 0.5) is 15.2 Å². The molecule has 0 radical (unpaired) electrons. The van der Waals surface area contributed by atoms with E-state index in [-0.39, 0.29) is 16.5 Å². The molecule has 4 aromatic rings. The molecular formula is C24H18FN3O5S2. The van der Waals surface area contributed by atoms with Crippen LogP contribution in [0, 0.1) is 5.82 Å². The number of halogens is 1. The minimum absolute atomic E-state index is 0.0710. The Kier molecular flexibility index (Phi) is 6.10. The lowest BCUT2D eigenvalue weighted by molar-refractivity contribution is 0.102. The molecule has 1 aromatic heterocycles. The number of hydrogen-bond donors (Lipinski definition) is 2. The summed E-state index contributed by atoms with van der Waals surface area (Å²) in [5, 5.41) is 4.99. The molecule has 11 heteroatoms. The summed E-state index contributed by atoms with van der Waals surface area (Å²) in [7, 11) is -3.88. The van der Waals surface area contributed by atoms with E-state index in [0.29, 0.717) is 41.1 Å². The number of amides is 1. The van der Waals surface area contributed by atoms with E-state index >= 15 is 0 Å². The standard InChI is InChI=1S/C24H18FN3O5S2/c25-17-4-8-19(9-5-17)35(30,31)28-18-6-1-15(2-7-18)23(29)27-24-26-20(14-34-24)16-3-10-21-22(13-16)33-12-11-32-21/h1-10,13-14,28H,11-12H2,(H,26,27,29). The Morgan fingerprint density at radius 3 is 2.40 bits per heavy atom. The van der Waals surface area contributed by atoms with Gasteiger partial charge in [0.1, 0.15) is 19.0 Å². The van der Waals surface area contributed by atoms with Crippen LogP contribution >= 0.6 is 11.3 Å². The average molecular weight is 512 g/mol. The number of benzene rings is 3. The van der Waals surface area contributed by atoms with Gasteiger partial charge in [-0.2, -0.15) is 0 Å². The maximum atomic E-state index is 13.1. The monoisotopic (exact) mass is 511 g/mol. The number of rotatable bonds is 6. The molecule has 0 saturated heterocycles. The number of thiazole rings is 1. The Labute approximate surface area is 204 Å². The van der Waals surface area contributed by atoms with Gasteiger partial charge in [-0.25, -0.2) is 17.8 Å². The van der Waals surface area contributed by atoms with Crippen molar-refractivity contribution in [2.45, 2.75) is 4.90 Å². The highest BCUT2D eigenvalue weighted by Gasteiger charge is 2.16. The van der Waals surface area contributed by atoms with Crippen LogP contribution in [-0.4, -0.2) is 32.5 Å². The van der Waals surface area contributed by atoms with Crippen molar-refractivity contribution in [3.05, 3.63) is 83.5 Å². The van der Waals surface area contributed by atoms with Crippen molar-refractivity contribution in [1.29, 1.82) is 0 Å². The first-order valence-corrected chi connectivity index (χ1v) is 12.8. The van der Waals surface area contributed by atoms with Gasteiger partial charge < -0.3 is 9.47 Å². The fourth-order valence-electron chi connectivity index (χ4n) is 3.35. The van der Waals surface area contributed by atoms with Gasteiger partial charge in [0.15, 0.2) is 16.6 Å². The largest absolute Gasteiger partial charge is 0.486 e. The van der Waals surface area contributed by atoms with Crippen LogP contribution in [0.1, 0.15) is 10.4 Å². The second-order valence-corrected chi connectivity index (χ2v) is 10.0. The fourth-order valence-corrected chi connectivity index (χ4v) is 5.13. The third kappa shape index (κ3) is 5.10. The molecule has 1 aliphatic rings. The lowest BCUT2D eigenvalue weighted by Gasteiger charge is -2.18. The molecule has 1 amide bonds. The van der Waals surface area contributed by atoms with Gasteiger partial charge in [0.05, 0.1) is 10.6 Å². The van der Waals surface area contributed by atoms with Crippen LogP contribution in [-0.2, 0) is 10.0 Å². The molecule has 0 atom stereocenters. The molecule has 0 saturated carbocycles. The molecule has 0 spiro atoms. The van der Waals surface area contributed by atoms with Crippen LogP contribution in [0.5, 0.6) is 11.5 Å². The van der Waals surface area contributed by atoms with Crippen LogP contribution in [0.2, 0.25) is 0 Å². The number of sulfonamides is 1. The van der Waals surface area contributed by atoms with Crippen LogP contribution < -0.4 is 19.5 Å². The quantitative estimate of drug-likeness (QED) is 0.386. The van der Waals surface area contributed by atoms with Crippen LogP contribution in [0.25, 0.3) is 11.3 Å². The molecule has 5 rings (SSSR count). The van der Waals surface area contributed by atoms with Gasteiger partial charge in [-0.05, 0) is 66.7 Å². The van der Waals surface area contributed by atoms with Crippen molar-refractivity contribution in [2.24, 2.45) is 0 Å². The molecule has 178 valence electrons. The van der Waals surface area contributed by atoms with Gasteiger partial charge in [-0.3, -0.25) is 14.8 Å². The summed E-state index contributed by atoms with van der Waals surface area (Å²) < 4.78 is 51.5. The molecular weight excluding hydrogens is 493 g/mol. The predicted molar refractivity (Wildman–Crippen MR) is 130 cm³/mol. The van der Waals surface area contributed by atoms with Crippen molar-refractivity contribution in [3.8, 4) is 22.8 Å². The highest BCUT2D eigenvalue weighted by Crippen LogP contribution is 2.35. The van der Waals surface area contributed by atoms with Crippen molar-refractivity contribution in [1.82, 2.24) is 4.98 Å². The minimum Gasteiger partial charge on any atom is -0.486 e. The maximum absolute atomic E-state index is 13.1. The number of fused-ring (bicyclic) bond motifs is 1. The van der Waals surface area contributed by atoms with Gasteiger partial charge in [0, 0.05) is 22.2 Å². The Bertz CT molecular complexity index is 1490. The van der Waals surface area contributed by atoms with E-state index in [1.54, 1.807) is 0 Å². The zero-order valence-electron chi connectivity index (χ0n) is 18.0. The number of carbonyl (C=O) groups excluding carboxylic acids is 1. The van der Waals surface area contributed by atoms with Crippen molar-refractivity contribution >= 4 is 38.1 Å². The molecule has 0 bridgehead atoms. The van der Waals surface area contributed by atoms with E-state index < -0.39 is 15.8 Å². The number of anilines is 2. The van der Waals surface area contributed by atoms with E-state index in [1.165, 1.54) is 47.7 Å². The number of nitrogens with one attached hydrogen (secondary N) is 2. The summed E-state index contributed by atoms with van der Waals surface area (Å²) in [5.74, 6) is 0.425. The Morgan fingerprint density at radius 2 is 1.66 bits per heavy atom. The first-order valence-electron chi connectivity index (χ1n) is 10.4. The summed E-state index contributed by atoms with van der Waals surface area (Å²) in [6.45, 7) is 1.00. The van der Waals surface area contributed by atoms with E-state index in [2.05, 4.69) is 15.0 Å². The zero-order chi connectivity index (χ0) is 24.4. The molecule has 0 unspecified atom stereocenters. The number of hydrogen-bond acceptors (Lipinski definition) is 7. The van der Waals surface area contributed by atoms with Gasteiger partial charge in [-0.15, -0.1) is 11.3 Å². The second-order valence-electron chi connectivity index (χ2n) is 7.49. The number of carbonyl (C=O) groups is 1. The predicted octanol–water partition coefficient (Wildman–Crippen LogP) is 4.77. The normalized spacial score (nSPS) is 12.7. The van der Waals surface area contributed by atoms with Gasteiger partial charge in [-0.1, -0.05) is 0 Å². The van der Waals surface area contributed by atoms with E-state index in [4.69, 9.17) is 9.47 Å². The lowest BCUT2D eigenvalue weighted by Crippen LogP contribution is -2.15. The molecule has 1 aliphatic heterocycles. The fraction of sp³-hybridized carbons (Fsp3) is 0.0833. The Morgan fingerprint density at radius 1 is 0.943 bits per heavy atom. The molecule has 8 nitrogen and oxygen atoms in total. The topological polar surface area (TPSA) is 107 Å². The summed E-state index contributed by atoms with van der Waals surface area (Å²) in [6, 6.07) is 16.0. The van der Waals surface area contributed by atoms with Crippen molar-refractivity contribution in [3.63, 3.8) is 0 Å². The summed E-state index contributed by atoms with van der Waals surface area (Å²) >= 11 is 1.28. The van der Waals surface area contributed by atoms with Crippen LogP contribution in [0.15, 0.2) is 77.0 Å². The Balaban J connectivity index is 1.24. The Hall–Kier alpha value is -3.96. The zero-order valence-corrected chi connectivity index (χ0v) is 19.7. The molecule has 0 fully saturated rings. The number of nitrogens with zero attached hydrogens (tertiary/aromatic N) is 1. The molecule has 3 aromatic carbocycles. The smallest absolute Gasteiger partial charge is 0.261 e. The lowest BCUT2D eigenvalue weighted by atomic mass is 10.1. The molecule has 0 aliphatic carbocycles. The van der Waals surface area contributed by atoms with Gasteiger partial charge in [0.25, 0.3) is 15.9 Å². The molecule has 2 heterocycles. The summed E-state index contributed by atoms with van der Waals surface area (Å²) in [4.78, 5) is 17.0. The maximum Gasteiger partial charge on any atom is 0.261 e. The number of aromatic nitrogens is 1.